The second-order valence-corrected chi connectivity index (χ2v) is 7.59. The summed E-state index contributed by atoms with van der Waals surface area (Å²) in [6.07, 6.45) is 8.36. The highest BCUT2D eigenvalue weighted by Crippen LogP contribution is 2.22. The van der Waals surface area contributed by atoms with E-state index in [-0.39, 0.29) is 0 Å². The van der Waals surface area contributed by atoms with Crippen LogP contribution in [0.4, 0.5) is 0 Å². The van der Waals surface area contributed by atoms with Gasteiger partial charge in [-0.25, -0.2) is 0 Å². The summed E-state index contributed by atoms with van der Waals surface area (Å²) < 4.78 is 0. The number of nitrogens with one attached hydrogen (secondary N) is 1. The molecule has 124 valence electrons. The van der Waals surface area contributed by atoms with Gasteiger partial charge in [-0.1, -0.05) is 13.8 Å². The molecule has 0 spiro atoms. The van der Waals surface area contributed by atoms with Crippen molar-refractivity contribution in [3.05, 3.63) is 0 Å². The van der Waals surface area contributed by atoms with Gasteiger partial charge in [0, 0.05) is 18.6 Å². The van der Waals surface area contributed by atoms with E-state index in [1.165, 1.54) is 77.8 Å². The minimum atomic E-state index is 0.627. The van der Waals surface area contributed by atoms with Gasteiger partial charge in [0.05, 0.1) is 0 Å². The topological polar surface area (TPSA) is 18.5 Å². The average Bonchev–Trinajstić information content (AvgIpc) is 2.97. The standard InChI is InChI=1S/C18H37N3/c1-16(2)19-10-6-7-17(3)21-13-8-18(9-14-21)15-20-11-4-5-12-20/h16-19H,4-15H2,1-3H3. The number of hydrogen-bond donors (Lipinski definition) is 1. The molecule has 21 heavy (non-hydrogen) atoms. The normalized spacial score (nSPS) is 24.0. The van der Waals surface area contributed by atoms with Crippen LogP contribution in [0.15, 0.2) is 0 Å². The molecule has 1 atom stereocenters. The quantitative estimate of drug-likeness (QED) is 0.695. The second kappa shape index (κ2) is 9.12. The van der Waals surface area contributed by atoms with Gasteiger partial charge in [0.2, 0.25) is 0 Å². The van der Waals surface area contributed by atoms with E-state index < -0.39 is 0 Å². The Bertz CT molecular complexity index is 266. The molecule has 0 saturated carbocycles. The molecule has 2 aliphatic heterocycles. The molecule has 0 radical (unpaired) electrons. The van der Waals surface area contributed by atoms with Crippen LogP contribution in [0.3, 0.4) is 0 Å². The molecule has 3 heteroatoms. The Hall–Kier alpha value is -0.120. The van der Waals surface area contributed by atoms with E-state index in [9.17, 15) is 0 Å². The summed E-state index contributed by atoms with van der Waals surface area (Å²) in [4.78, 5) is 5.43. The minimum Gasteiger partial charge on any atom is -0.315 e. The van der Waals surface area contributed by atoms with E-state index in [2.05, 4.69) is 35.9 Å². The lowest BCUT2D eigenvalue weighted by Gasteiger charge is -2.37. The minimum absolute atomic E-state index is 0.627. The van der Waals surface area contributed by atoms with E-state index in [1.54, 1.807) is 0 Å². The van der Waals surface area contributed by atoms with Gasteiger partial charge in [0.1, 0.15) is 0 Å². The van der Waals surface area contributed by atoms with Crippen LogP contribution in [0, 0.1) is 5.92 Å². The summed E-state index contributed by atoms with van der Waals surface area (Å²) in [6.45, 7) is 14.8. The predicted molar refractivity (Wildman–Crippen MR) is 91.8 cm³/mol. The highest BCUT2D eigenvalue weighted by molar-refractivity contribution is 4.79. The zero-order valence-corrected chi connectivity index (χ0v) is 14.6. The Balaban J connectivity index is 1.56. The summed E-state index contributed by atoms with van der Waals surface area (Å²) in [5.74, 6) is 0.967. The van der Waals surface area contributed by atoms with E-state index in [4.69, 9.17) is 0 Å². The molecule has 0 aliphatic carbocycles. The highest BCUT2D eigenvalue weighted by Gasteiger charge is 2.24. The second-order valence-electron chi connectivity index (χ2n) is 7.59. The maximum absolute atomic E-state index is 3.53. The van der Waals surface area contributed by atoms with Crippen molar-refractivity contribution in [2.45, 2.75) is 71.4 Å². The smallest absolute Gasteiger partial charge is 0.00674 e. The van der Waals surface area contributed by atoms with Crippen molar-refractivity contribution >= 4 is 0 Å². The van der Waals surface area contributed by atoms with Crippen LogP contribution in [-0.2, 0) is 0 Å². The molecule has 0 bridgehead atoms. The molecule has 1 N–H and O–H groups in total. The van der Waals surface area contributed by atoms with Crippen molar-refractivity contribution in [3.8, 4) is 0 Å². The number of hydrogen-bond acceptors (Lipinski definition) is 3. The lowest BCUT2D eigenvalue weighted by atomic mass is 9.94. The van der Waals surface area contributed by atoms with E-state index in [0.717, 1.165) is 12.0 Å². The SMILES string of the molecule is CC(C)NCCCC(C)N1CCC(CN2CCCC2)CC1. The Morgan fingerprint density at radius 1 is 1.00 bits per heavy atom. The Morgan fingerprint density at radius 3 is 2.29 bits per heavy atom. The highest BCUT2D eigenvalue weighted by atomic mass is 15.2. The molecular formula is C18H37N3. The fraction of sp³-hybridized carbons (Fsp3) is 1.00. The maximum atomic E-state index is 3.53. The molecule has 2 rings (SSSR count). The third-order valence-electron chi connectivity index (χ3n) is 5.34. The molecule has 2 heterocycles. The third kappa shape index (κ3) is 6.25. The largest absolute Gasteiger partial charge is 0.315 e. The summed E-state index contributed by atoms with van der Waals surface area (Å²) in [5.41, 5.74) is 0. The van der Waals surface area contributed by atoms with Crippen molar-refractivity contribution in [3.63, 3.8) is 0 Å². The van der Waals surface area contributed by atoms with Gasteiger partial charge in [0.15, 0.2) is 0 Å². The van der Waals surface area contributed by atoms with Crippen LogP contribution >= 0.6 is 0 Å². The lowest BCUT2D eigenvalue weighted by Crippen LogP contribution is -2.42. The summed E-state index contributed by atoms with van der Waals surface area (Å²) in [6, 6.07) is 1.40. The Kier molecular flexibility index (Phi) is 7.48. The van der Waals surface area contributed by atoms with Crippen molar-refractivity contribution < 1.29 is 0 Å². The molecule has 0 aromatic carbocycles. The fourth-order valence-corrected chi connectivity index (χ4v) is 3.88. The van der Waals surface area contributed by atoms with Crippen LogP contribution in [-0.4, -0.2) is 61.2 Å². The van der Waals surface area contributed by atoms with Gasteiger partial charge in [-0.2, -0.15) is 0 Å². The Morgan fingerprint density at radius 2 is 1.67 bits per heavy atom. The van der Waals surface area contributed by atoms with Gasteiger partial charge in [-0.05, 0) is 84.1 Å². The zero-order valence-electron chi connectivity index (χ0n) is 14.6. The Labute approximate surface area is 132 Å². The van der Waals surface area contributed by atoms with Gasteiger partial charge in [-0.3, -0.25) is 0 Å². The first-order chi connectivity index (χ1) is 10.1. The molecule has 3 nitrogen and oxygen atoms in total. The van der Waals surface area contributed by atoms with E-state index in [1.807, 2.05) is 0 Å². The molecule has 2 fully saturated rings. The van der Waals surface area contributed by atoms with Crippen molar-refractivity contribution in [2.24, 2.45) is 5.92 Å². The van der Waals surface area contributed by atoms with Crippen LogP contribution in [0.5, 0.6) is 0 Å². The van der Waals surface area contributed by atoms with Crippen LogP contribution in [0.2, 0.25) is 0 Å². The molecule has 2 aliphatic rings. The molecule has 0 aromatic rings. The zero-order chi connectivity index (χ0) is 15.1. The lowest BCUT2D eigenvalue weighted by molar-refractivity contribution is 0.117. The van der Waals surface area contributed by atoms with E-state index >= 15 is 0 Å². The molecular weight excluding hydrogens is 258 g/mol. The van der Waals surface area contributed by atoms with E-state index in [0.29, 0.717) is 6.04 Å². The first kappa shape index (κ1) is 17.2. The third-order valence-corrected chi connectivity index (χ3v) is 5.34. The molecule has 0 aromatic heterocycles. The number of rotatable bonds is 8. The van der Waals surface area contributed by atoms with Crippen LogP contribution < -0.4 is 5.32 Å². The fourth-order valence-electron chi connectivity index (χ4n) is 3.88. The van der Waals surface area contributed by atoms with Gasteiger partial charge >= 0.3 is 0 Å². The summed E-state index contributed by atoms with van der Waals surface area (Å²) >= 11 is 0. The van der Waals surface area contributed by atoms with Gasteiger partial charge in [0.25, 0.3) is 0 Å². The van der Waals surface area contributed by atoms with Gasteiger partial charge < -0.3 is 15.1 Å². The molecule has 2 saturated heterocycles. The van der Waals surface area contributed by atoms with Crippen LogP contribution in [0.25, 0.3) is 0 Å². The summed E-state index contributed by atoms with van der Waals surface area (Å²) in [7, 11) is 0. The monoisotopic (exact) mass is 295 g/mol. The van der Waals surface area contributed by atoms with Crippen molar-refractivity contribution in [1.82, 2.24) is 15.1 Å². The average molecular weight is 296 g/mol. The van der Waals surface area contributed by atoms with Crippen LogP contribution in [0.1, 0.15) is 59.3 Å². The van der Waals surface area contributed by atoms with Crippen molar-refractivity contribution in [1.29, 1.82) is 0 Å². The number of piperidine rings is 1. The number of nitrogens with zero attached hydrogens (tertiary/aromatic N) is 2. The first-order valence-electron chi connectivity index (χ1n) is 9.35. The molecule has 1 unspecified atom stereocenters. The van der Waals surface area contributed by atoms with Gasteiger partial charge in [-0.15, -0.1) is 0 Å². The maximum Gasteiger partial charge on any atom is 0.00674 e. The number of likely N-dealkylation sites (tertiary alicyclic amines) is 2. The summed E-state index contributed by atoms with van der Waals surface area (Å²) in [5, 5.41) is 3.53. The molecule has 0 amide bonds. The van der Waals surface area contributed by atoms with Crippen molar-refractivity contribution in [2.75, 3.05) is 39.3 Å². The predicted octanol–water partition coefficient (Wildman–Crippen LogP) is 2.96. The first-order valence-corrected chi connectivity index (χ1v) is 9.35.